The van der Waals surface area contributed by atoms with E-state index >= 15 is 0 Å². The van der Waals surface area contributed by atoms with E-state index in [4.69, 9.17) is 9.47 Å². The lowest BCUT2D eigenvalue weighted by Crippen LogP contribution is -2.02. The Bertz CT molecular complexity index is 652. The van der Waals surface area contributed by atoms with Crippen molar-refractivity contribution in [2.75, 3.05) is 13.7 Å². The molecule has 2 rings (SSSR count). The summed E-state index contributed by atoms with van der Waals surface area (Å²) in [5, 5.41) is 0. The topological polar surface area (TPSA) is 35.5 Å². The molecule has 0 fully saturated rings. The van der Waals surface area contributed by atoms with E-state index in [1.165, 1.54) is 11.6 Å². The maximum Gasteiger partial charge on any atom is 0.331 e. The molecule has 0 heterocycles. The highest BCUT2D eigenvalue weighted by molar-refractivity contribution is 5.96. The zero-order valence-corrected chi connectivity index (χ0v) is 13.1. The fourth-order valence-corrected chi connectivity index (χ4v) is 2.14. The van der Waals surface area contributed by atoms with E-state index in [2.05, 4.69) is 0 Å². The number of ether oxygens (including phenoxy) is 2. The Hall–Kier alpha value is -2.55. The molecule has 0 amide bonds. The molecule has 0 N–H and O–H groups in total. The van der Waals surface area contributed by atoms with Crippen LogP contribution in [0, 0.1) is 6.92 Å². The zero-order chi connectivity index (χ0) is 15.9. The SMILES string of the molecule is CCOC(=O)/C=C(/c1ccc(C)cc1)c1ccc(OC)cc1. The van der Waals surface area contributed by atoms with Crippen molar-refractivity contribution in [1.82, 2.24) is 0 Å². The maximum absolute atomic E-state index is 11.9. The molecule has 0 aliphatic heterocycles. The Morgan fingerprint density at radius 3 is 2.05 bits per heavy atom. The lowest BCUT2D eigenvalue weighted by atomic mass is 9.96. The lowest BCUT2D eigenvalue weighted by molar-refractivity contribution is -0.137. The fraction of sp³-hybridized carbons (Fsp3) is 0.211. The minimum atomic E-state index is -0.339. The van der Waals surface area contributed by atoms with E-state index in [0.29, 0.717) is 6.61 Å². The highest BCUT2D eigenvalue weighted by atomic mass is 16.5. The Morgan fingerprint density at radius 2 is 1.55 bits per heavy atom. The largest absolute Gasteiger partial charge is 0.497 e. The van der Waals surface area contributed by atoms with Gasteiger partial charge in [-0.1, -0.05) is 42.0 Å². The molecule has 0 spiro atoms. The van der Waals surface area contributed by atoms with E-state index in [9.17, 15) is 4.79 Å². The fourth-order valence-electron chi connectivity index (χ4n) is 2.14. The van der Waals surface area contributed by atoms with Crippen molar-refractivity contribution in [3.05, 3.63) is 71.3 Å². The Kier molecular flexibility index (Phi) is 5.37. The van der Waals surface area contributed by atoms with Crippen LogP contribution in [0.2, 0.25) is 0 Å². The third-order valence-electron chi connectivity index (χ3n) is 3.31. The number of benzene rings is 2. The summed E-state index contributed by atoms with van der Waals surface area (Å²) in [4.78, 5) is 11.9. The summed E-state index contributed by atoms with van der Waals surface area (Å²) in [6.45, 7) is 4.19. The average molecular weight is 296 g/mol. The van der Waals surface area contributed by atoms with Crippen LogP contribution in [0.5, 0.6) is 5.75 Å². The number of methoxy groups -OCH3 is 1. The zero-order valence-electron chi connectivity index (χ0n) is 13.1. The van der Waals surface area contributed by atoms with Gasteiger partial charge in [-0.15, -0.1) is 0 Å². The van der Waals surface area contributed by atoms with Crippen molar-refractivity contribution in [2.24, 2.45) is 0 Å². The van der Waals surface area contributed by atoms with E-state index < -0.39 is 0 Å². The lowest BCUT2D eigenvalue weighted by Gasteiger charge is -2.10. The second kappa shape index (κ2) is 7.46. The minimum Gasteiger partial charge on any atom is -0.497 e. The van der Waals surface area contributed by atoms with Gasteiger partial charge >= 0.3 is 5.97 Å². The number of rotatable bonds is 5. The molecule has 0 atom stereocenters. The summed E-state index contributed by atoms with van der Waals surface area (Å²) in [6, 6.07) is 15.7. The molecule has 0 saturated carbocycles. The molecule has 2 aromatic carbocycles. The summed E-state index contributed by atoms with van der Waals surface area (Å²) in [7, 11) is 1.63. The van der Waals surface area contributed by atoms with Gasteiger partial charge in [0.15, 0.2) is 0 Å². The van der Waals surface area contributed by atoms with Crippen LogP contribution in [0.25, 0.3) is 5.57 Å². The van der Waals surface area contributed by atoms with Crippen molar-refractivity contribution in [2.45, 2.75) is 13.8 Å². The highest BCUT2D eigenvalue weighted by Gasteiger charge is 2.09. The predicted octanol–water partition coefficient (Wildman–Crippen LogP) is 4.00. The molecular formula is C19H20O3. The first-order chi connectivity index (χ1) is 10.6. The van der Waals surface area contributed by atoms with Gasteiger partial charge < -0.3 is 9.47 Å². The third-order valence-corrected chi connectivity index (χ3v) is 3.31. The molecule has 0 bridgehead atoms. The van der Waals surface area contributed by atoms with E-state index in [1.54, 1.807) is 14.0 Å². The van der Waals surface area contributed by atoms with E-state index in [0.717, 1.165) is 22.4 Å². The minimum absolute atomic E-state index is 0.339. The van der Waals surface area contributed by atoms with Gasteiger partial charge in [0.1, 0.15) is 5.75 Å². The first-order valence-corrected chi connectivity index (χ1v) is 7.24. The summed E-state index contributed by atoms with van der Waals surface area (Å²) in [5.41, 5.74) is 3.93. The number of aryl methyl sites for hydroxylation is 1. The molecule has 2 aromatic rings. The van der Waals surface area contributed by atoms with Gasteiger partial charge in [0.05, 0.1) is 13.7 Å². The quantitative estimate of drug-likeness (QED) is 0.618. The average Bonchev–Trinajstić information content (AvgIpc) is 2.54. The number of hydrogen-bond donors (Lipinski definition) is 0. The van der Waals surface area contributed by atoms with Gasteiger partial charge in [0.2, 0.25) is 0 Å². The Balaban J connectivity index is 2.44. The van der Waals surface area contributed by atoms with E-state index in [-0.39, 0.29) is 5.97 Å². The summed E-state index contributed by atoms with van der Waals surface area (Å²) in [6.07, 6.45) is 1.54. The molecular weight excluding hydrogens is 276 g/mol. The van der Waals surface area contributed by atoms with Crippen molar-refractivity contribution in [1.29, 1.82) is 0 Å². The second-order valence-electron chi connectivity index (χ2n) is 4.90. The van der Waals surface area contributed by atoms with Crippen LogP contribution in [-0.4, -0.2) is 19.7 Å². The monoisotopic (exact) mass is 296 g/mol. The summed E-state index contributed by atoms with van der Waals surface area (Å²) < 4.78 is 10.2. The highest BCUT2D eigenvalue weighted by Crippen LogP contribution is 2.25. The molecule has 0 radical (unpaired) electrons. The third kappa shape index (κ3) is 3.98. The second-order valence-corrected chi connectivity index (χ2v) is 4.90. The van der Waals surface area contributed by atoms with Gasteiger partial charge in [0.25, 0.3) is 0 Å². The van der Waals surface area contributed by atoms with Gasteiger partial charge in [-0.3, -0.25) is 0 Å². The van der Waals surface area contributed by atoms with Crippen molar-refractivity contribution >= 4 is 11.5 Å². The molecule has 0 saturated heterocycles. The molecule has 22 heavy (non-hydrogen) atoms. The van der Waals surface area contributed by atoms with Gasteiger partial charge in [-0.25, -0.2) is 4.79 Å². The molecule has 0 aliphatic rings. The molecule has 0 unspecified atom stereocenters. The van der Waals surface area contributed by atoms with Crippen LogP contribution >= 0.6 is 0 Å². The molecule has 114 valence electrons. The summed E-state index contributed by atoms with van der Waals surface area (Å²) >= 11 is 0. The Morgan fingerprint density at radius 1 is 1.00 bits per heavy atom. The Labute approximate surface area is 131 Å². The van der Waals surface area contributed by atoms with Crippen molar-refractivity contribution in [3.63, 3.8) is 0 Å². The van der Waals surface area contributed by atoms with Gasteiger partial charge in [0, 0.05) is 6.08 Å². The molecule has 3 heteroatoms. The van der Waals surface area contributed by atoms with Crippen LogP contribution in [0.15, 0.2) is 54.6 Å². The van der Waals surface area contributed by atoms with Crippen molar-refractivity contribution in [3.8, 4) is 5.75 Å². The number of carbonyl (C=O) groups excluding carboxylic acids is 1. The van der Waals surface area contributed by atoms with Gasteiger partial charge in [-0.2, -0.15) is 0 Å². The number of esters is 1. The van der Waals surface area contributed by atoms with Crippen LogP contribution < -0.4 is 4.74 Å². The van der Waals surface area contributed by atoms with Crippen molar-refractivity contribution < 1.29 is 14.3 Å². The molecule has 0 aromatic heterocycles. The van der Waals surface area contributed by atoms with Crippen LogP contribution in [0.1, 0.15) is 23.6 Å². The van der Waals surface area contributed by atoms with E-state index in [1.807, 2.05) is 55.5 Å². The number of carbonyl (C=O) groups is 1. The maximum atomic E-state index is 11.9. The smallest absolute Gasteiger partial charge is 0.331 e. The van der Waals surface area contributed by atoms with Crippen LogP contribution in [0.4, 0.5) is 0 Å². The van der Waals surface area contributed by atoms with Gasteiger partial charge in [-0.05, 0) is 42.7 Å². The normalized spacial score (nSPS) is 11.1. The van der Waals surface area contributed by atoms with Crippen LogP contribution in [0.3, 0.4) is 0 Å². The number of hydrogen-bond acceptors (Lipinski definition) is 3. The summed E-state index contributed by atoms with van der Waals surface area (Å²) in [5.74, 6) is 0.442. The first-order valence-electron chi connectivity index (χ1n) is 7.24. The predicted molar refractivity (Wildman–Crippen MR) is 87.9 cm³/mol. The van der Waals surface area contributed by atoms with Crippen LogP contribution in [-0.2, 0) is 9.53 Å². The molecule has 0 aliphatic carbocycles. The standard InChI is InChI=1S/C19H20O3/c1-4-22-19(20)13-18(15-7-5-14(2)6-8-15)16-9-11-17(21-3)12-10-16/h5-13H,4H2,1-3H3/b18-13-. The molecule has 3 nitrogen and oxygen atoms in total. The first kappa shape index (κ1) is 15.8.